The number of pyridine rings is 1. The molecule has 0 unspecified atom stereocenters. The van der Waals surface area contributed by atoms with Crippen molar-refractivity contribution in [3.63, 3.8) is 0 Å². The molecular formula is C15H15ClINO2. The molecule has 1 fully saturated rings. The van der Waals surface area contributed by atoms with Gasteiger partial charge in [0.05, 0.1) is 17.6 Å². The van der Waals surface area contributed by atoms with Crippen molar-refractivity contribution in [2.24, 2.45) is 0 Å². The van der Waals surface area contributed by atoms with E-state index in [1.54, 1.807) is 7.11 Å². The molecule has 2 heterocycles. The zero-order valence-electron chi connectivity index (χ0n) is 11.2. The van der Waals surface area contributed by atoms with Gasteiger partial charge in [-0.05, 0) is 59.5 Å². The third-order valence-electron chi connectivity index (χ3n) is 3.71. The number of hydrogen-bond acceptors (Lipinski definition) is 3. The van der Waals surface area contributed by atoms with Crippen molar-refractivity contribution in [2.75, 3.05) is 20.3 Å². The summed E-state index contributed by atoms with van der Waals surface area (Å²) < 4.78 is 12.1. The average Bonchev–Trinajstić information content (AvgIpc) is 2.48. The highest BCUT2D eigenvalue weighted by Gasteiger charge is 2.25. The van der Waals surface area contributed by atoms with E-state index in [0.717, 1.165) is 51.1 Å². The number of hydrogen-bond donors (Lipinski definition) is 0. The molecule has 5 heteroatoms. The van der Waals surface area contributed by atoms with Gasteiger partial charge in [0.1, 0.15) is 0 Å². The van der Waals surface area contributed by atoms with Crippen molar-refractivity contribution in [3.8, 4) is 5.88 Å². The number of fused-ring (bicyclic) bond motifs is 1. The molecule has 0 atom stereocenters. The molecule has 0 N–H and O–H groups in total. The van der Waals surface area contributed by atoms with Crippen LogP contribution in [0.15, 0.2) is 18.2 Å². The van der Waals surface area contributed by atoms with Gasteiger partial charge in [0.25, 0.3) is 0 Å². The molecule has 1 aliphatic heterocycles. The van der Waals surface area contributed by atoms with Crippen molar-refractivity contribution in [1.29, 1.82) is 0 Å². The molecule has 1 aromatic heterocycles. The number of rotatable bonds is 2. The Hall–Kier alpha value is -0.590. The predicted molar refractivity (Wildman–Crippen MR) is 88.8 cm³/mol. The molecule has 2 aromatic rings. The lowest BCUT2D eigenvalue weighted by atomic mass is 9.91. The zero-order chi connectivity index (χ0) is 14.1. The molecular weight excluding hydrogens is 389 g/mol. The largest absolute Gasteiger partial charge is 0.481 e. The smallest absolute Gasteiger partial charge is 0.218 e. The Morgan fingerprint density at radius 2 is 2.10 bits per heavy atom. The van der Waals surface area contributed by atoms with E-state index in [1.165, 1.54) is 0 Å². The van der Waals surface area contributed by atoms with Crippen LogP contribution in [-0.4, -0.2) is 25.3 Å². The lowest BCUT2D eigenvalue weighted by molar-refractivity contribution is 0.0847. The summed E-state index contributed by atoms with van der Waals surface area (Å²) in [4.78, 5) is 4.62. The van der Waals surface area contributed by atoms with Gasteiger partial charge in [-0.3, -0.25) is 0 Å². The summed E-state index contributed by atoms with van der Waals surface area (Å²) in [5, 5.41) is 1.78. The fourth-order valence-electron chi connectivity index (χ4n) is 2.69. The normalized spacial score (nSPS) is 16.6. The van der Waals surface area contributed by atoms with E-state index in [1.807, 2.05) is 12.1 Å². The second-order valence-electron chi connectivity index (χ2n) is 4.90. The number of halogens is 2. The lowest BCUT2D eigenvalue weighted by Crippen LogP contribution is -2.15. The van der Waals surface area contributed by atoms with E-state index in [4.69, 9.17) is 21.1 Å². The third-order valence-corrected chi connectivity index (χ3v) is 4.79. The highest BCUT2D eigenvalue weighted by atomic mass is 127. The maximum Gasteiger partial charge on any atom is 0.218 e. The van der Waals surface area contributed by atoms with E-state index in [9.17, 15) is 0 Å². The molecule has 1 aromatic carbocycles. The van der Waals surface area contributed by atoms with Gasteiger partial charge < -0.3 is 9.47 Å². The highest BCUT2D eigenvalue weighted by molar-refractivity contribution is 14.1. The van der Waals surface area contributed by atoms with Crippen LogP contribution in [0.3, 0.4) is 0 Å². The van der Waals surface area contributed by atoms with Gasteiger partial charge in [-0.2, -0.15) is 0 Å². The van der Waals surface area contributed by atoms with Gasteiger partial charge in [0.15, 0.2) is 0 Å². The van der Waals surface area contributed by atoms with E-state index in [2.05, 4.69) is 33.6 Å². The SMILES string of the molecule is COc1nc2ccc(I)cc2c(Cl)c1C1CCOCC1. The summed E-state index contributed by atoms with van der Waals surface area (Å²) in [7, 11) is 1.65. The topological polar surface area (TPSA) is 31.4 Å². The standard InChI is InChI=1S/C15H15ClINO2/c1-19-15-13(9-4-6-20-7-5-9)14(16)11-8-10(17)2-3-12(11)18-15/h2-3,8-9H,4-7H2,1H3. The Kier molecular flexibility index (Phi) is 4.33. The maximum absolute atomic E-state index is 6.67. The Balaban J connectivity index is 2.20. The van der Waals surface area contributed by atoms with Crippen LogP contribution in [0.1, 0.15) is 24.3 Å². The minimum absolute atomic E-state index is 0.362. The molecule has 0 amide bonds. The van der Waals surface area contributed by atoms with Crippen LogP contribution in [0.2, 0.25) is 5.02 Å². The third kappa shape index (κ3) is 2.61. The molecule has 3 rings (SSSR count). The van der Waals surface area contributed by atoms with E-state index in [0.29, 0.717) is 11.8 Å². The van der Waals surface area contributed by atoms with Gasteiger partial charge in [0, 0.05) is 27.7 Å². The second-order valence-corrected chi connectivity index (χ2v) is 6.52. The first-order valence-corrected chi connectivity index (χ1v) is 8.06. The predicted octanol–water partition coefficient (Wildman–Crippen LogP) is 4.40. The lowest BCUT2D eigenvalue weighted by Gasteiger charge is -2.25. The Morgan fingerprint density at radius 1 is 1.35 bits per heavy atom. The van der Waals surface area contributed by atoms with Gasteiger partial charge in [-0.1, -0.05) is 11.6 Å². The highest BCUT2D eigenvalue weighted by Crippen LogP contribution is 2.41. The Labute approximate surface area is 136 Å². The van der Waals surface area contributed by atoms with Crippen LogP contribution < -0.4 is 4.74 Å². The Morgan fingerprint density at radius 3 is 2.80 bits per heavy atom. The van der Waals surface area contributed by atoms with Crippen LogP contribution in [0.5, 0.6) is 5.88 Å². The fourth-order valence-corrected chi connectivity index (χ4v) is 3.56. The summed E-state index contributed by atoms with van der Waals surface area (Å²) in [6.07, 6.45) is 1.93. The minimum atomic E-state index is 0.362. The molecule has 3 nitrogen and oxygen atoms in total. The van der Waals surface area contributed by atoms with Crippen molar-refractivity contribution in [3.05, 3.63) is 32.4 Å². The molecule has 0 bridgehead atoms. The van der Waals surface area contributed by atoms with Crippen LogP contribution >= 0.6 is 34.2 Å². The maximum atomic E-state index is 6.67. The minimum Gasteiger partial charge on any atom is -0.481 e. The first-order valence-electron chi connectivity index (χ1n) is 6.61. The van der Waals surface area contributed by atoms with E-state index in [-0.39, 0.29) is 0 Å². The molecule has 106 valence electrons. The van der Waals surface area contributed by atoms with Crippen molar-refractivity contribution < 1.29 is 9.47 Å². The summed E-state index contributed by atoms with van der Waals surface area (Å²) in [6, 6.07) is 6.09. The summed E-state index contributed by atoms with van der Waals surface area (Å²) >= 11 is 8.96. The van der Waals surface area contributed by atoms with Crippen LogP contribution in [0.4, 0.5) is 0 Å². The van der Waals surface area contributed by atoms with Gasteiger partial charge in [-0.15, -0.1) is 0 Å². The number of aromatic nitrogens is 1. The van der Waals surface area contributed by atoms with Crippen molar-refractivity contribution >= 4 is 45.1 Å². The summed E-state index contributed by atoms with van der Waals surface area (Å²) in [6.45, 7) is 1.54. The molecule has 1 saturated heterocycles. The molecule has 0 radical (unpaired) electrons. The number of benzene rings is 1. The van der Waals surface area contributed by atoms with Crippen LogP contribution in [-0.2, 0) is 4.74 Å². The van der Waals surface area contributed by atoms with Gasteiger partial charge in [0.2, 0.25) is 5.88 Å². The van der Waals surface area contributed by atoms with Crippen molar-refractivity contribution in [1.82, 2.24) is 4.98 Å². The number of nitrogens with zero attached hydrogens (tertiary/aromatic N) is 1. The number of methoxy groups -OCH3 is 1. The molecule has 0 saturated carbocycles. The van der Waals surface area contributed by atoms with E-state index >= 15 is 0 Å². The van der Waals surface area contributed by atoms with Crippen LogP contribution in [0.25, 0.3) is 10.9 Å². The molecule has 0 aliphatic carbocycles. The summed E-state index contributed by atoms with van der Waals surface area (Å²) in [5.41, 5.74) is 1.91. The Bertz CT molecular complexity index is 641. The quantitative estimate of drug-likeness (QED) is 0.697. The average molecular weight is 404 g/mol. The first kappa shape index (κ1) is 14.4. The second kappa shape index (κ2) is 6.03. The monoisotopic (exact) mass is 403 g/mol. The molecule has 0 spiro atoms. The fraction of sp³-hybridized carbons (Fsp3) is 0.400. The molecule has 20 heavy (non-hydrogen) atoms. The van der Waals surface area contributed by atoms with E-state index < -0.39 is 0 Å². The zero-order valence-corrected chi connectivity index (χ0v) is 14.1. The van der Waals surface area contributed by atoms with Gasteiger partial charge in [-0.25, -0.2) is 4.98 Å². The first-order chi connectivity index (χ1) is 9.70. The van der Waals surface area contributed by atoms with Gasteiger partial charge >= 0.3 is 0 Å². The van der Waals surface area contributed by atoms with Crippen LogP contribution in [0, 0.1) is 3.57 Å². The summed E-state index contributed by atoms with van der Waals surface area (Å²) in [5.74, 6) is 1.01. The molecule has 1 aliphatic rings. The van der Waals surface area contributed by atoms with Crippen molar-refractivity contribution in [2.45, 2.75) is 18.8 Å². The number of ether oxygens (including phenoxy) is 2.